The molecule has 0 unspecified atom stereocenters. The van der Waals surface area contributed by atoms with Gasteiger partial charge in [-0.1, -0.05) is 12.1 Å². The SMILES string of the molecule is CCN(c1ccccc1N)S(=O)(=O)NC(=O)OC. The molecule has 1 aromatic rings. The summed E-state index contributed by atoms with van der Waals surface area (Å²) in [5.74, 6) is 0. The van der Waals surface area contributed by atoms with Gasteiger partial charge in [0.2, 0.25) is 0 Å². The Labute approximate surface area is 106 Å². The lowest BCUT2D eigenvalue weighted by molar-refractivity contribution is 0.177. The van der Waals surface area contributed by atoms with Crippen molar-refractivity contribution in [3.05, 3.63) is 24.3 Å². The highest BCUT2D eigenvalue weighted by molar-refractivity contribution is 7.91. The molecular formula is C10H15N3O4S. The predicted molar refractivity (Wildman–Crippen MR) is 68.3 cm³/mol. The highest BCUT2D eigenvalue weighted by Gasteiger charge is 2.24. The lowest BCUT2D eigenvalue weighted by Crippen LogP contribution is -2.43. The molecule has 0 atom stereocenters. The number of rotatable bonds is 4. The molecule has 0 fully saturated rings. The molecule has 1 aromatic carbocycles. The maximum atomic E-state index is 11.9. The van der Waals surface area contributed by atoms with Crippen LogP contribution in [0, 0.1) is 0 Å². The molecule has 0 radical (unpaired) electrons. The van der Waals surface area contributed by atoms with E-state index in [9.17, 15) is 13.2 Å². The van der Waals surface area contributed by atoms with E-state index in [0.29, 0.717) is 11.4 Å². The van der Waals surface area contributed by atoms with E-state index in [4.69, 9.17) is 5.73 Å². The third kappa shape index (κ3) is 3.04. The zero-order valence-corrected chi connectivity index (χ0v) is 10.9. The summed E-state index contributed by atoms with van der Waals surface area (Å²) in [5, 5.41) is 0. The van der Waals surface area contributed by atoms with Gasteiger partial charge in [0, 0.05) is 6.54 Å². The molecule has 3 N–H and O–H groups in total. The van der Waals surface area contributed by atoms with Crippen LogP contribution in [0.15, 0.2) is 24.3 Å². The summed E-state index contributed by atoms with van der Waals surface area (Å²) in [6, 6.07) is 6.47. The van der Waals surface area contributed by atoms with Crippen LogP contribution in [0.2, 0.25) is 0 Å². The molecule has 18 heavy (non-hydrogen) atoms. The number of carbonyl (C=O) groups is 1. The zero-order chi connectivity index (χ0) is 13.8. The number of hydrogen-bond donors (Lipinski definition) is 2. The minimum atomic E-state index is -4.03. The van der Waals surface area contributed by atoms with Gasteiger partial charge in [0.15, 0.2) is 0 Å². The van der Waals surface area contributed by atoms with Crippen LogP contribution in [0.5, 0.6) is 0 Å². The monoisotopic (exact) mass is 273 g/mol. The summed E-state index contributed by atoms with van der Waals surface area (Å²) >= 11 is 0. The fraction of sp³-hybridized carbons (Fsp3) is 0.300. The second-order valence-electron chi connectivity index (χ2n) is 3.32. The van der Waals surface area contributed by atoms with E-state index in [-0.39, 0.29) is 6.54 Å². The molecule has 0 saturated heterocycles. The van der Waals surface area contributed by atoms with E-state index in [1.54, 1.807) is 35.9 Å². The highest BCUT2D eigenvalue weighted by atomic mass is 32.2. The number of nitrogens with two attached hydrogens (primary N) is 1. The van der Waals surface area contributed by atoms with Crippen molar-refractivity contribution < 1.29 is 17.9 Å². The van der Waals surface area contributed by atoms with E-state index in [1.807, 2.05) is 0 Å². The molecular weight excluding hydrogens is 258 g/mol. The van der Waals surface area contributed by atoms with Crippen LogP contribution in [0.4, 0.5) is 16.2 Å². The summed E-state index contributed by atoms with van der Waals surface area (Å²) in [7, 11) is -2.95. The van der Waals surface area contributed by atoms with Gasteiger partial charge >= 0.3 is 16.3 Å². The van der Waals surface area contributed by atoms with Crippen molar-refractivity contribution in [3.63, 3.8) is 0 Å². The molecule has 1 amide bonds. The first kappa shape index (κ1) is 14.1. The van der Waals surface area contributed by atoms with Crippen molar-refractivity contribution in [2.75, 3.05) is 23.7 Å². The molecule has 0 aliphatic carbocycles. The predicted octanol–water partition coefficient (Wildman–Crippen LogP) is 0.696. The average molecular weight is 273 g/mol. The van der Waals surface area contributed by atoms with E-state index in [1.165, 1.54) is 0 Å². The molecule has 0 aliphatic heterocycles. The molecule has 0 bridgehead atoms. The van der Waals surface area contributed by atoms with Gasteiger partial charge in [0.05, 0.1) is 18.5 Å². The Morgan fingerprint density at radius 1 is 1.44 bits per heavy atom. The number of nitrogen functional groups attached to an aromatic ring is 1. The average Bonchev–Trinajstić information content (AvgIpc) is 2.31. The summed E-state index contributed by atoms with van der Waals surface area (Å²) in [6.07, 6.45) is -1.05. The molecule has 7 nitrogen and oxygen atoms in total. The van der Waals surface area contributed by atoms with Gasteiger partial charge in [0.1, 0.15) is 0 Å². The van der Waals surface area contributed by atoms with Crippen LogP contribution in [0.3, 0.4) is 0 Å². The minimum Gasteiger partial charge on any atom is -0.452 e. The van der Waals surface area contributed by atoms with Crippen LogP contribution in [-0.4, -0.2) is 28.2 Å². The molecule has 8 heteroatoms. The third-order valence-electron chi connectivity index (χ3n) is 2.18. The fourth-order valence-electron chi connectivity index (χ4n) is 1.39. The van der Waals surface area contributed by atoms with Gasteiger partial charge in [-0.3, -0.25) is 4.31 Å². The van der Waals surface area contributed by atoms with Crippen molar-refractivity contribution in [3.8, 4) is 0 Å². The van der Waals surface area contributed by atoms with Crippen molar-refractivity contribution in [2.45, 2.75) is 6.92 Å². The van der Waals surface area contributed by atoms with Gasteiger partial charge in [0.25, 0.3) is 0 Å². The molecule has 0 spiro atoms. The summed E-state index contributed by atoms with van der Waals surface area (Å²) in [6.45, 7) is 1.75. The van der Waals surface area contributed by atoms with Crippen LogP contribution in [0.25, 0.3) is 0 Å². The Morgan fingerprint density at radius 2 is 2.06 bits per heavy atom. The van der Waals surface area contributed by atoms with Crippen LogP contribution in [0.1, 0.15) is 6.92 Å². The molecule has 0 aromatic heterocycles. The summed E-state index contributed by atoms with van der Waals surface area (Å²) in [4.78, 5) is 11.0. The Bertz CT molecular complexity index is 530. The minimum absolute atomic E-state index is 0.126. The Balaban J connectivity index is 3.11. The number of benzene rings is 1. The third-order valence-corrected chi connectivity index (χ3v) is 3.64. The Hall–Kier alpha value is -1.96. The zero-order valence-electron chi connectivity index (χ0n) is 10.1. The second kappa shape index (κ2) is 5.58. The lowest BCUT2D eigenvalue weighted by atomic mass is 10.3. The number of methoxy groups -OCH3 is 1. The Morgan fingerprint density at radius 3 is 2.56 bits per heavy atom. The number of nitrogens with zero attached hydrogens (tertiary/aromatic N) is 1. The number of ether oxygens (including phenoxy) is 1. The van der Waals surface area contributed by atoms with Gasteiger partial charge in [-0.2, -0.15) is 8.42 Å². The van der Waals surface area contributed by atoms with Crippen LogP contribution < -0.4 is 14.8 Å². The molecule has 0 saturated carbocycles. The van der Waals surface area contributed by atoms with E-state index in [0.717, 1.165) is 11.4 Å². The largest absolute Gasteiger partial charge is 0.452 e. The topological polar surface area (TPSA) is 102 Å². The van der Waals surface area contributed by atoms with E-state index >= 15 is 0 Å². The van der Waals surface area contributed by atoms with Gasteiger partial charge in [-0.05, 0) is 19.1 Å². The lowest BCUT2D eigenvalue weighted by Gasteiger charge is -2.23. The van der Waals surface area contributed by atoms with Crippen LogP contribution in [-0.2, 0) is 14.9 Å². The smallest absolute Gasteiger partial charge is 0.422 e. The normalized spacial score (nSPS) is 10.8. The molecule has 100 valence electrons. The quantitative estimate of drug-likeness (QED) is 0.786. The van der Waals surface area contributed by atoms with Gasteiger partial charge in [-0.25, -0.2) is 9.52 Å². The molecule has 0 heterocycles. The van der Waals surface area contributed by atoms with E-state index in [2.05, 4.69) is 4.74 Å². The molecule has 0 aliphatic rings. The number of para-hydroxylation sites is 2. The van der Waals surface area contributed by atoms with Crippen molar-refractivity contribution in [1.82, 2.24) is 4.72 Å². The molecule has 1 rings (SSSR count). The number of carbonyl (C=O) groups excluding carboxylic acids is 1. The first-order valence-electron chi connectivity index (χ1n) is 5.15. The maximum Gasteiger partial charge on any atom is 0.422 e. The van der Waals surface area contributed by atoms with E-state index < -0.39 is 16.3 Å². The van der Waals surface area contributed by atoms with Crippen molar-refractivity contribution >= 4 is 27.7 Å². The summed E-state index contributed by atoms with van der Waals surface area (Å²) < 4.78 is 30.9. The first-order chi connectivity index (χ1) is 8.42. The van der Waals surface area contributed by atoms with Gasteiger partial charge < -0.3 is 10.5 Å². The fourth-order valence-corrected chi connectivity index (χ4v) is 2.56. The second-order valence-corrected chi connectivity index (χ2v) is 4.92. The number of hydrogen-bond acceptors (Lipinski definition) is 5. The number of amides is 1. The number of anilines is 2. The highest BCUT2D eigenvalue weighted by Crippen LogP contribution is 2.24. The Kier molecular flexibility index (Phi) is 4.38. The van der Waals surface area contributed by atoms with Crippen molar-refractivity contribution in [2.24, 2.45) is 0 Å². The van der Waals surface area contributed by atoms with Gasteiger partial charge in [-0.15, -0.1) is 0 Å². The first-order valence-corrected chi connectivity index (χ1v) is 6.59. The standard InChI is InChI=1S/C10H15N3O4S/c1-3-13(9-7-5-4-6-8(9)11)18(15,16)12-10(14)17-2/h4-7H,3,11H2,1-2H3,(H,12,14). The number of nitrogens with one attached hydrogen (secondary N) is 1. The summed E-state index contributed by atoms with van der Waals surface area (Å²) in [5.41, 5.74) is 6.31. The maximum absolute atomic E-state index is 11.9. The van der Waals surface area contributed by atoms with Crippen LogP contribution >= 0.6 is 0 Å². The van der Waals surface area contributed by atoms with Crippen molar-refractivity contribution in [1.29, 1.82) is 0 Å².